The molecule has 3 heterocycles. The van der Waals surface area contributed by atoms with Gasteiger partial charge in [0.1, 0.15) is 11.9 Å². The van der Waals surface area contributed by atoms with Crippen molar-refractivity contribution >= 4 is 17.5 Å². The van der Waals surface area contributed by atoms with Crippen molar-refractivity contribution < 1.29 is 9.59 Å². The standard InChI is InChI=1S/C24H31N5O2/c30-22(25-7-6-21-27-26-20-5-1-2-8-29(20)21)19-4-3-9-28(19)23(31)24-13-16-10-17(14-24)12-18(11-16)15-24/h1-2,5,8,16-19H,3-4,6-7,9-15H2,(H,25,30)/t16?,17?,18?,19-,24?/m1/s1. The summed E-state index contributed by atoms with van der Waals surface area (Å²) in [6, 6.07) is 5.49. The molecule has 0 spiro atoms. The zero-order chi connectivity index (χ0) is 21.0. The molecule has 31 heavy (non-hydrogen) atoms. The van der Waals surface area contributed by atoms with Gasteiger partial charge in [0.15, 0.2) is 5.65 Å². The first-order valence-corrected chi connectivity index (χ1v) is 12.0. The third-order valence-electron chi connectivity index (χ3n) is 8.34. The molecule has 0 radical (unpaired) electrons. The first-order valence-electron chi connectivity index (χ1n) is 12.0. The van der Waals surface area contributed by atoms with Gasteiger partial charge in [0.25, 0.3) is 0 Å². The summed E-state index contributed by atoms with van der Waals surface area (Å²) >= 11 is 0. The molecule has 7 rings (SSSR count). The van der Waals surface area contributed by atoms with Crippen LogP contribution in [0.25, 0.3) is 5.65 Å². The minimum Gasteiger partial charge on any atom is -0.354 e. The van der Waals surface area contributed by atoms with E-state index in [4.69, 9.17) is 0 Å². The predicted octanol–water partition coefficient (Wildman–Crippen LogP) is 2.60. The fourth-order valence-electron chi connectivity index (χ4n) is 7.44. The molecule has 0 aromatic carbocycles. The SMILES string of the molecule is O=C(NCCc1nnc2ccccn12)[C@H]1CCCN1C(=O)C12CC3CC(CC(C3)C1)C2. The topological polar surface area (TPSA) is 79.6 Å². The quantitative estimate of drug-likeness (QED) is 0.805. The fourth-order valence-corrected chi connectivity index (χ4v) is 7.44. The summed E-state index contributed by atoms with van der Waals surface area (Å²) in [7, 11) is 0. The van der Waals surface area contributed by atoms with Gasteiger partial charge in [0.2, 0.25) is 11.8 Å². The number of fused-ring (bicyclic) bond motifs is 1. The van der Waals surface area contributed by atoms with Crippen molar-refractivity contribution in [3.63, 3.8) is 0 Å². The molecule has 7 nitrogen and oxygen atoms in total. The Kier molecular flexibility index (Phi) is 4.54. The van der Waals surface area contributed by atoms with Gasteiger partial charge >= 0.3 is 0 Å². The summed E-state index contributed by atoms with van der Waals surface area (Å²) in [5.74, 6) is 3.33. The van der Waals surface area contributed by atoms with Gasteiger partial charge in [-0.3, -0.25) is 14.0 Å². The number of aromatic nitrogens is 3. The molecule has 1 aliphatic heterocycles. The number of nitrogens with zero attached hydrogens (tertiary/aromatic N) is 4. The Labute approximate surface area is 182 Å². The number of rotatable bonds is 5. The Morgan fingerprint density at radius 1 is 1.06 bits per heavy atom. The maximum Gasteiger partial charge on any atom is 0.242 e. The van der Waals surface area contributed by atoms with Crippen LogP contribution in [-0.4, -0.2) is 50.4 Å². The highest BCUT2D eigenvalue weighted by atomic mass is 16.2. The Hall–Kier alpha value is -2.44. The third-order valence-corrected chi connectivity index (χ3v) is 8.34. The molecule has 4 saturated carbocycles. The second kappa shape index (κ2) is 7.31. The zero-order valence-electron chi connectivity index (χ0n) is 18.0. The van der Waals surface area contributed by atoms with Gasteiger partial charge in [-0.15, -0.1) is 10.2 Å². The molecule has 164 valence electrons. The lowest BCUT2D eigenvalue weighted by atomic mass is 9.49. The van der Waals surface area contributed by atoms with Crippen LogP contribution < -0.4 is 5.32 Å². The number of likely N-dealkylation sites (tertiary alicyclic amines) is 1. The fraction of sp³-hybridized carbons (Fsp3) is 0.667. The first kappa shape index (κ1) is 19.3. The van der Waals surface area contributed by atoms with Crippen molar-refractivity contribution in [1.82, 2.24) is 24.8 Å². The zero-order valence-corrected chi connectivity index (χ0v) is 18.0. The van der Waals surface area contributed by atoms with Gasteiger partial charge in [-0.25, -0.2) is 0 Å². The first-order chi connectivity index (χ1) is 15.1. The van der Waals surface area contributed by atoms with Crippen LogP contribution in [0.4, 0.5) is 0 Å². The van der Waals surface area contributed by atoms with Crippen LogP contribution in [-0.2, 0) is 16.0 Å². The molecular formula is C24H31N5O2. The average Bonchev–Trinajstić information content (AvgIpc) is 3.40. The van der Waals surface area contributed by atoms with Crippen LogP contribution in [0.5, 0.6) is 0 Å². The Bertz CT molecular complexity index is 979. The molecular weight excluding hydrogens is 390 g/mol. The molecule has 4 aliphatic carbocycles. The van der Waals surface area contributed by atoms with Gasteiger partial charge in [0, 0.05) is 25.7 Å². The second-order valence-electron chi connectivity index (χ2n) is 10.4. The number of hydrogen-bond donors (Lipinski definition) is 1. The third kappa shape index (κ3) is 3.24. The van der Waals surface area contributed by atoms with Gasteiger partial charge < -0.3 is 10.2 Å². The maximum atomic E-state index is 13.7. The molecule has 5 fully saturated rings. The van der Waals surface area contributed by atoms with E-state index in [0.29, 0.717) is 13.0 Å². The van der Waals surface area contributed by atoms with E-state index < -0.39 is 0 Å². The molecule has 4 bridgehead atoms. The minimum atomic E-state index is -0.310. The highest BCUT2D eigenvalue weighted by Crippen LogP contribution is 2.60. The van der Waals surface area contributed by atoms with Crippen LogP contribution in [0.1, 0.15) is 57.2 Å². The summed E-state index contributed by atoms with van der Waals surface area (Å²) in [5.41, 5.74) is 0.643. The van der Waals surface area contributed by atoms with Crippen LogP contribution in [0, 0.1) is 23.2 Å². The molecule has 1 N–H and O–H groups in total. The normalized spacial score (nSPS) is 33.9. The second-order valence-corrected chi connectivity index (χ2v) is 10.4. The van der Waals surface area contributed by atoms with Crippen LogP contribution in [0.15, 0.2) is 24.4 Å². The van der Waals surface area contributed by atoms with Crippen LogP contribution >= 0.6 is 0 Å². The number of carbonyl (C=O) groups is 2. The molecule has 2 aromatic heterocycles. The Balaban J connectivity index is 1.11. The van der Waals surface area contributed by atoms with E-state index in [0.717, 1.165) is 67.9 Å². The summed E-state index contributed by atoms with van der Waals surface area (Å²) in [6.45, 7) is 1.23. The van der Waals surface area contributed by atoms with E-state index in [1.54, 1.807) is 0 Å². The van der Waals surface area contributed by atoms with Crippen LogP contribution in [0.3, 0.4) is 0 Å². The summed E-state index contributed by atoms with van der Waals surface area (Å²) in [6.07, 6.45) is 11.4. The van der Waals surface area contributed by atoms with E-state index in [-0.39, 0.29) is 23.3 Å². The minimum absolute atomic E-state index is 0.00982. The number of pyridine rings is 1. The maximum absolute atomic E-state index is 13.7. The highest BCUT2D eigenvalue weighted by Gasteiger charge is 2.56. The van der Waals surface area contributed by atoms with E-state index in [1.165, 1.54) is 19.3 Å². The van der Waals surface area contributed by atoms with Gasteiger partial charge in [-0.1, -0.05) is 6.07 Å². The van der Waals surface area contributed by atoms with E-state index in [1.807, 2.05) is 33.7 Å². The lowest BCUT2D eigenvalue weighted by Crippen LogP contribution is -2.57. The van der Waals surface area contributed by atoms with E-state index in [2.05, 4.69) is 15.5 Å². The highest BCUT2D eigenvalue weighted by molar-refractivity contribution is 5.91. The van der Waals surface area contributed by atoms with Gasteiger partial charge in [-0.2, -0.15) is 0 Å². The number of nitrogens with one attached hydrogen (secondary N) is 1. The molecule has 0 unspecified atom stereocenters. The molecule has 7 heteroatoms. The molecule has 2 amide bonds. The number of amides is 2. The Morgan fingerprint density at radius 2 is 1.81 bits per heavy atom. The smallest absolute Gasteiger partial charge is 0.242 e. The van der Waals surface area contributed by atoms with E-state index >= 15 is 0 Å². The van der Waals surface area contributed by atoms with Gasteiger partial charge in [-0.05, 0) is 81.3 Å². The summed E-state index contributed by atoms with van der Waals surface area (Å²) in [4.78, 5) is 28.7. The van der Waals surface area contributed by atoms with Crippen molar-refractivity contribution in [2.45, 2.75) is 63.8 Å². The van der Waals surface area contributed by atoms with Crippen molar-refractivity contribution in [3.05, 3.63) is 30.2 Å². The van der Waals surface area contributed by atoms with Crippen molar-refractivity contribution in [2.75, 3.05) is 13.1 Å². The number of hydrogen-bond acceptors (Lipinski definition) is 4. The molecule has 5 aliphatic rings. The molecule has 1 saturated heterocycles. The van der Waals surface area contributed by atoms with Crippen molar-refractivity contribution in [1.29, 1.82) is 0 Å². The number of carbonyl (C=O) groups excluding carboxylic acids is 2. The molecule has 1 atom stereocenters. The van der Waals surface area contributed by atoms with E-state index in [9.17, 15) is 9.59 Å². The molecule has 2 aromatic rings. The van der Waals surface area contributed by atoms with Gasteiger partial charge in [0.05, 0.1) is 5.41 Å². The summed E-state index contributed by atoms with van der Waals surface area (Å²) < 4.78 is 1.95. The van der Waals surface area contributed by atoms with Crippen molar-refractivity contribution in [2.24, 2.45) is 23.2 Å². The van der Waals surface area contributed by atoms with Crippen LogP contribution in [0.2, 0.25) is 0 Å². The predicted molar refractivity (Wildman–Crippen MR) is 115 cm³/mol. The lowest BCUT2D eigenvalue weighted by Gasteiger charge is -2.56. The Morgan fingerprint density at radius 3 is 2.55 bits per heavy atom. The average molecular weight is 422 g/mol. The monoisotopic (exact) mass is 421 g/mol. The summed E-state index contributed by atoms with van der Waals surface area (Å²) in [5, 5.41) is 11.5. The lowest BCUT2D eigenvalue weighted by molar-refractivity contribution is -0.160. The van der Waals surface area contributed by atoms with Crippen molar-refractivity contribution in [3.8, 4) is 0 Å². The largest absolute Gasteiger partial charge is 0.354 e.